The van der Waals surface area contributed by atoms with Gasteiger partial charge in [-0.25, -0.2) is 0 Å². The van der Waals surface area contributed by atoms with Gasteiger partial charge < -0.3 is 0 Å². The molecule has 0 radical (unpaired) electrons. The molecule has 0 fully saturated rings. The number of halogens is 2. The number of alkyl halides is 2. The van der Waals surface area contributed by atoms with Crippen molar-refractivity contribution in [3.05, 3.63) is 31.9 Å². The number of Topliss-reactive ketones (excluding diaryl/α,β-unsaturated/α-hetero) is 1. The molecule has 2 aliphatic rings. The quantitative estimate of drug-likeness (QED) is 0.323. The summed E-state index contributed by atoms with van der Waals surface area (Å²) in [7, 11) is 0. The Morgan fingerprint density at radius 1 is 1.29 bits per heavy atom. The van der Waals surface area contributed by atoms with Gasteiger partial charge in [-0.3, -0.25) is 0 Å². The number of allylic oxidation sites excluding steroid dienone is 6. The van der Waals surface area contributed by atoms with Crippen LogP contribution in [0.2, 0.25) is 0 Å². The third-order valence-corrected chi connectivity index (χ3v) is 6.50. The molecule has 17 heavy (non-hydrogen) atoms. The number of hydrogen-bond donors (Lipinski definition) is 0. The summed E-state index contributed by atoms with van der Waals surface area (Å²) in [6.07, 6.45) is 2.93. The molecule has 0 atom stereocenters. The summed E-state index contributed by atoms with van der Waals surface area (Å²) in [6, 6.07) is 0. The van der Waals surface area contributed by atoms with Crippen LogP contribution in [-0.4, -0.2) is 20.9 Å². The van der Waals surface area contributed by atoms with E-state index in [2.05, 4.69) is 27.5 Å². The first kappa shape index (κ1) is 13.5. The number of ketones is 2. The fourth-order valence-corrected chi connectivity index (χ4v) is 5.53. The molecular weight excluding hydrogens is 442 g/mol. The van der Waals surface area contributed by atoms with Gasteiger partial charge in [-0.2, -0.15) is 0 Å². The fraction of sp³-hybridized carbons (Fsp3) is 0.385. The van der Waals surface area contributed by atoms with Gasteiger partial charge >= 0.3 is 126 Å². The first-order chi connectivity index (χ1) is 8.08. The van der Waals surface area contributed by atoms with Crippen molar-refractivity contribution in [2.24, 2.45) is 0 Å². The van der Waals surface area contributed by atoms with Crippen molar-refractivity contribution in [1.82, 2.24) is 0 Å². The second-order valence-electron chi connectivity index (χ2n) is 4.16. The molecule has 0 aliphatic heterocycles. The number of carbonyl (C=O) groups is 2. The Labute approximate surface area is 125 Å². The molecule has 0 heterocycles. The molecule has 2 aliphatic carbocycles. The summed E-state index contributed by atoms with van der Waals surface area (Å²) in [6.45, 7) is 1.74. The molecule has 92 valence electrons. The van der Waals surface area contributed by atoms with E-state index < -0.39 is 0 Å². The van der Waals surface area contributed by atoms with Crippen molar-refractivity contribution in [3.63, 3.8) is 0 Å². The van der Waals surface area contributed by atoms with Gasteiger partial charge in [0.05, 0.1) is 0 Å². The Morgan fingerprint density at radius 3 is 2.59 bits per heavy atom. The molecule has 0 saturated carbocycles. The average Bonchev–Trinajstić information content (AvgIpc) is 2.34. The molecule has 0 amide bonds. The first-order valence-corrected chi connectivity index (χ1v) is 10.1. The van der Waals surface area contributed by atoms with Gasteiger partial charge in [-0.05, 0) is 0 Å². The summed E-state index contributed by atoms with van der Waals surface area (Å²) >= 11 is 2.37. The zero-order chi connectivity index (χ0) is 12.6. The molecule has 0 aromatic heterocycles. The molecule has 0 spiro atoms. The van der Waals surface area contributed by atoms with Crippen LogP contribution in [0.3, 0.4) is 0 Å². The van der Waals surface area contributed by atoms with Gasteiger partial charge in [0.25, 0.3) is 0 Å². The van der Waals surface area contributed by atoms with E-state index >= 15 is 0 Å². The summed E-state index contributed by atoms with van der Waals surface area (Å²) in [5.74, 6) is 0.134. The first-order valence-electron chi connectivity index (χ1n) is 5.34. The SMILES string of the molecule is C[I-]C1=C(CI)CC2=C(C1)C(=O)C(C)=CC2=O. The number of rotatable bonds is 2. The molecule has 0 aromatic carbocycles. The second kappa shape index (κ2) is 5.34. The minimum atomic E-state index is 0.0149. The second-order valence-corrected chi connectivity index (χ2v) is 7.31. The van der Waals surface area contributed by atoms with Gasteiger partial charge in [0, 0.05) is 0 Å². The van der Waals surface area contributed by atoms with Crippen LogP contribution >= 0.6 is 22.6 Å². The van der Waals surface area contributed by atoms with E-state index in [1.165, 1.54) is 15.2 Å². The topological polar surface area (TPSA) is 34.1 Å². The maximum atomic E-state index is 12.1. The van der Waals surface area contributed by atoms with Crippen LogP contribution in [0.4, 0.5) is 0 Å². The van der Waals surface area contributed by atoms with E-state index in [-0.39, 0.29) is 32.8 Å². The van der Waals surface area contributed by atoms with Crippen molar-refractivity contribution in [3.8, 4) is 0 Å². The summed E-state index contributed by atoms with van der Waals surface area (Å²) in [5, 5.41) is 0. The summed E-state index contributed by atoms with van der Waals surface area (Å²) < 4.78 is 2.43. The van der Waals surface area contributed by atoms with E-state index in [0.29, 0.717) is 12.0 Å². The van der Waals surface area contributed by atoms with Gasteiger partial charge in [-0.15, -0.1) is 0 Å². The molecule has 2 nitrogen and oxygen atoms in total. The number of hydrogen-bond acceptors (Lipinski definition) is 2. The molecule has 0 aromatic rings. The Bertz CT molecular complexity index is 496. The molecule has 0 N–H and O–H groups in total. The van der Waals surface area contributed by atoms with Crippen LogP contribution in [0, 0.1) is 0 Å². The Morgan fingerprint density at radius 2 is 2.00 bits per heavy atom. The Kier molecular flexibility index (Phi) is 4.22. The molecule has 0 unspecified atom stereocenters. The third kappa shape index (κ3) is 2.43. The molecule has 0 saturated heterocycles. The standard InChI is InChI=1S/C13H13I2O2/c1-7-3-12(16)9-4-8(6-14)11(15-2)5-10(9)13(7)17/h3H,4-6H2,1-2H3/q-1. The zero-order valence-electron chi connectivity index (χ0n) is 9.77. The van der Waals surface area contributed by atoms with Crippen molar-refractivity contribution in [2.45, 2.75) is 19.8 Å². The van der Waals surface area contributed by atoms with Gasteiger partial charge in [-0.1, -0.05) is 0 Å². The van der Waals surface area contributed by atoms with Crippen LogP contribution < -0.4 is 21.2 Å². The van der Waals surface area contributed by atoms with Crippen molar-refractivity contribution >= 4 is 34.2 Å². The normalized spacial score (nSPS) is 21.0. The van der Waals surface area contributed by atoms with Crippen molar-refractivity contribution < 1.29 is 30.8 Å². The van der Waals surface area contributed by atoms with E-state index in [1.54, 1.807) is 6.92 Å². The molecule has 0 bridgehead atoms. The van der Waals surface area contributed by atoms with Gasteiger partial charge in [0.2, 0.25) is 0 Å². The van der Waals surface area contributed by atoms with Gasteiger partial charge in [0.15, 0.2) is 0 Å². The van der Waals surface area contributed by atoms with Crippen molar-refractivity contribution in [2.75, 3.05) is 9.36 Å². The van der Waals surface area contributed by atoms with Crippen LogP contribution in [0.25, 0.3) is 0 Å². The maximum absolute atomic E-state index is 12.1. The van der Waals surface area contributed by atoms with Crippen LogP contribution in [0.1, 0.15) is 19.8 Å². The third-order valence-electron chi connectivity index (χ3n) is 3.14. The average molecular weight is 455 g/mol. The fourth-order valence-electron chi connectivity index (χ4n) is 2.16. The van der Waals surface area contributed by atoms with Crippen LogP contribution in [0.5, 0.6) is 0 Å². The van der Waals surface area contributed by atoms with E-state index in [0.717, 1.165) is 22.0 Å². The van der Waals surface area contributed by atoms with E-state index in [9.17, 15) is 9.59 Å². The summed E-state index contributed by atoms with van der Waals surface area (Å²) in [4.78, 5) is 26.2. The Balaban J connectivity index is 2.40. The predicted molar refractivity (Wildman–Crippen MR) is 71.9 cm³/mol. The van der Waals surface area contributed by atoms with E-state index in [1.807, 2.05) is 0 Å². The van der Waals surface area contributed by atoms with Crippen molar-refractivity contribution in [1.29, 1.82) is 0 Å². The molecule has 2 rings (SSSR count). The Hall–Kier alpha value is 0.0200. The molecular formula is C13H13I2O2-. The predicted octanol–water partition coefficient (Wildman–Crippen LogP) is -0.417. The summed E-state index contributed by atoms with van der Waals surface area (Å²) in [5.41, 5.74) is 3.52. The van der Waals surface area contributed by atoms with Crippen LogP contribution in [0.15, 0.2) is 31.9 Å². The van der Waals surface area contributed by atoms with Gasteiger partial charge in [0.1, 0.15) is 0 Å². The van der Waals surface area contributed by atoms with E-state index in [4.69, 9.17) is 0 Å². The number of carbonyl (C=O) groups excluding carboxylic acids is 2. The minimum absolute atomic E-state index is 0.0149. The van der Waals surface area contributed by atoms with Crippen LogP contribution in [-0.2, 0) is 9.59 Å². The molecule has 4 heteroatoms. The monoisotopic (exact) mass is 455 g/mol. The zero-order valence-corrected chi connectivity index (χ0v) is 14.1.